The van der Waals surface area contributed by atoms with E-state index in [4.69, 9.17) is 33.7 Å². The van der Waals surface area contributed by atoms with Crippen LogP contribution in [0.3, 0.4) is 0 Å². The molecule has 2 aromatic carbocycles. The van der Waals surface area contributed by atoms with Crippen molar-refractivity contribution in [3.05, 3.63) is 98.1 Å². The third-order valence-electron chi connectivity index (χ3n) is 5.60. The van der Waals surface area contributed by atoms with Gasteiger partial charge in [0.2, 0.25) is 5.88 Å². The molecule has 6 heteroatoms. The van der Waals surface area contributed by atoms with Crippen LogP contribution in [0.4, 0.5) is 0 Å². The minimum atomic E-state index is -0.350. The zero-order chi connectivity index (χ0) is 22.0. The summed E-state index contributed by atoms with van der Waals surface area (Å²) in [7, 11) is 0. The minimum absolute atomic E-state index is 0.125. The Morgan fingerprint density at radius 2 is 1.84 bits per heavy atom. The Labute approximate surface area is 192 Å². The molecule has 0 bridgehead atoms. The Hall–Kier alpha value is -2.71. The molecule has 2 aromatic rings. The van der Waals surface area contributed by atoms with Gasteiger partial charge in [0.05, 0.1) is 5.92 Å². The maximum Gasteiger partial charge on any atom is 0.205 e. The van der Waals surface area contributed by atoms with E-state index >= 15 is 0 Å². The first-order valence-corrected chi connectivity index (χ1v) is 11.0. The molecule has 0 aromatic heterocycles. The predicted molar refractivity (Wildman–Crippen MR) is 125 cm³/mol. The van der Waals surface area contributed by atoms with Crippen LogP contribution in [-0.2, 0) is 4.74 Å². The molecular formula is C25H23Cl2N3O. The lowest BCUT2D eigenvalue weighted by molar-refractivity contribution is 0.234. The molecule has 0 aliphatic carbocycles. The van der Waals surface area contributed by atoms with Gasteiger partial charge in [-0.15, -0.1) is 0 Å². The lowest BCUT2D eigenvalue weighted by Gasteiger charge is -2.38. The van der Waals surface area contributed by atoms with Gasteiger partial charge in [-0.25, -0.2) is 0 Å². The smallest absolute Gasteiger partial charge is 0.205 e. The van der Waals surface area contributed by atoms with Crippen molar-refractivity contribution in [2.24, 2.45) is 5.73 Å². The average Bonchev–Trinajstić information content (AvgIpc) is 2.76. The first kappa shape index (κ1) is 21.5. The van der Waals surface area contributed by atoms with Crippen LogP contribution in [0.15, 0.2) is 76.9 Å². The standard InChI is InChI=1S/C25H23Cl2N3O/c1-2-11-30-14-17(12-16-7-3-5-9-21(16)26)24-20(15-30)23(19(13-28)25(29)31-24)18-8-4-6-10-22(18)27/h3-10,12,23H,2,11,14-15,29H2,1H3/b17-12+/t23-/m1/s1. The van der Waals surface area contributed by atoms with Crippen LogP contribution in [0.25, 0.3) is 6.08 Å². The normalized spacial score (nSPS) is 20.5. The Bertz CT molecular complexity index is 1140. The van der Waals surface area contributed by atoms with Crippen molar-refractivity contribution in [1.29, 1.82) is 5.26 Å². The summed E-state index contributed by atoms with van der Waals surface area (Å²) < 4.78 is 6.07. The van der Waals surface area contributed by atoms with Gasteiger partial charge >= 0.3 is 0 Å². The summed E-state index contributed by atoms with van der Waals surface area (Å²) >= 11 is 13.0. The van der Waals surface area contributed by atoms with Gasteiger partial charge in [-0.1, -0.05) is 66.5 Å². The topological polar surface area (TPSA) is 62.3 Å². The van der Waals surface area contributed by atoms with Crippen LogP contribution in [-0.4, -0.2) is 24.5 Å². The van der Waals surface area contributed by atoms with E-state index in [0.29, 0.717) is 34.5 Å². The van der Waals surface area contributed by atoms with E-state index in [0.717, 1.165) is 35.2 Å². The third kappa shape index (κ3) is 4.22. The van der Waals surface area contributed by atoms with Gasteiger partial charge in [0.15, 0.2) is 0 Å². The van der Waals surface area contributed by atoms with Crippen LogP contribution >= 0.6 is 23.2 Å². The number of nitrogens with zero attached hydrogens (tertiary/aromatic N) is 2. The Morgan fingerprint density at radius 3 is 2.52 bits per heavy atom. The number of hydrogen-bond donors (Lipinski definition) is 1. The second-order valence-corrected chi connectivity index (χ2v) is 8.52. The van der Waals surface area contributed by atoms with Crippen molar-refractivity contribution in [2.45, 2.75) is 19.3 Å². The van der Waals surface area contributed by atoms with Crippen molar-refractivity contribution in [1.82, 2.24) is 4.90 Å². The monoisotopic (exact) mass is 451 g/mol. The number of nitrogens with two attached hydrogens (primary N) is 1. The second-order valence-electron chi connectivity index (χ2n) is 7.70. The number of hydrogen-bond acceptors (Lipinski definition) is 4. The minimum Gasteiger partial charge on any atom is -0.440 e. The van der Waals surface area contributed by atoms with Crippen LogP contribution in [0, 0.1) is 11.3 Å². The first-order valence-electron chi connectivity index (χ1n) is 10.3. The van der Waals surface area contributed by atoms with Gasteiger partial charge in [0.25, 0.3) is 0 Å². The summed E-state index contributed by atoms with van der Waals surface area (Å²) in [6.07, 6.45) is 3.07. The van der Waals surface area contributed by atoms with Gasteiger partial charge < -0.3 is 10.5 Å². The summed E-state index contributed by atoms with van der Waals surface area (Å²) in [5.74, 6) is 0.491. The van der Waals surface area contributed by atoms with Gasteiger partial charge in [-0.3, -0.25) is 4.90 Å². The number of benzene rings is 2. The van der Waals surface area contributed by atoms with Crippen molar-refractivity contribution in [2.75, 3.05) is 19.6 Å². The molecule has 2 aliphatic rings. The second kappa shape index (κ2) is 9.20. The van der Waals surface area contributed by atoms with E-state index in [-0.39, 0.29) is 11.8 Å². The summed E-state index contributed by atoms with van der Waals surface area (Å²) in [5, 5.41) is 11.2. The molecular weight excluding hydrogens is 429 g/mol. The van der Waals surface area contributed by atoms with E-state index in [1.54, 1.807) is 0 Å². The fourth-order valence-electron chi connectivity index (χ4n) is 4.26. The van der Waals surface area contributed by atoms with Crippen molar-refractivity contribution in [3.63, 3.8) is 0 Å². The maximum absolute atomic E-state index is 9.90. The highest BCUT2D eigenvalue weighted by Gasteiger charge is 2.38. The molecule has 0 fully saturated rings. The molecule has 0 radical (unpaired) electrons. The van der Waals surface area contributed by atoms with E-state index < -0.39 is 0 Å². The fraction of sp³-hybridized carbons (Fsp3) is 0.240. The quantitative estimate of drug-likeness (QED) is 0.631. The van der Waals surface area contributed by atoms with E-state index in [9.17, 15) is 5.26 Å². The number of halogens is 2. The highest BCUT2D eigenvalue weighted by atomic mass is 35.5. The Morgan fingerprint density at radius 1 is 1.13 bits per heavy atom. The van der Waals surface area contributed by atoms with Gasteiger partial charge in [-0.05, 0) is 47.9 Å². The molecule has 0 saturated heterocycles. The predicted octanol–water partition coefficient (Wildman–Crippen LogP) is 5.86. The molecule has 0 spiro atoms. The summed E-state index contributed by atoms with van der Waals surface area (Å²) in [4.78, 5) is 2.35. The van der Waals surface area contributed by atoms with Crippen molar-refractivity contribution < 1.29 is 4.74 Å². The summed E-state index contributed by atoms with van der Waals surface area (Å²) in [6.45, 7) is 4.47. The molecule has 0 amide bonds. The van der Waals surface area contributed by atoms with Gasteiger partial charge in [0.1, 0.15) is 17.4 Å². The third-order valence-corrected chi connectivity index (χ3v) is 6.29. The molecule has 2 N–H and O–H groups in total. The summed E-state index contributed by atoms with van der Waals surface area (Å²) in [5.41, 5.74) is 10.4. The molecule has 0 unspecified atom stereocenters. The Balaban J connectivity index is 1.91. The van der Waals surface area contributed by atoms with Gasteiger partial charge in [-0.2, -0.15) is 5.26 Å². The molecule has 2 heterocycles. The van der Waals surface area contributed by atoms with Crippen LogP contribution in [0.2, 0.25) is 10.0 Å². The lowest BCUT2D eigenvalue weighted by atomic mass is 9.80. The molecule has 4 nitrogen and oxygen atoms in total. The number of rotatable bonds is 4. The van der Waals surface area contributed by atoms with Crippen LogP contribution < -0.4 is 5.73 Å². The summed E-state index contributed by atoms with van der Waals surface area (Å²) in [6, 6.07) is 17.6. The molecule has 31 heavy (non-hydrogen) atoms. The Kier molecular flexibility index (Phi) is 6.38. The molecule has 158 valence electrons. The highest BCUT2D eigenvalue weighted by Crippen LogP contribution is 2.45. The molecule has 4 rings (SSSR count). The first-order chi connectivity index (χ1) is 15.0. The van der Waals surface area contributed by atoms with E-state index in [1.807, 2.05) is 54.6 Å². The zero-order valence-electron chi connectivity index (χ0n) is 17.2. The molecule has 0 saturated carbocycles. The fourth-order valence-corrected chi connectivity index (χ4v) is 4.70. The van der Waals surface area contributed by atoms with Crippen molar-refractivity contribution >= 4 is 29.3 Å². The van der Waals surface area contributed by atoms with E-state index in [1.165, 1.54) is 0 Å². The lowest BCUT2D eigenvalue weighted by Crippen LogP contribution is -2.38. The van der Waals surface area contributed by atoms with Crippen LogP contribution in [0.1, 0.15) is 30.4 Å². The molecule has 1 atom stereocenters. The number of ether oxygens (including phenoxy) is 1. The van der Waals surface area contributed by atoms with E-state index in [2.05, 4.69) is 17.9 Å². The number of nitriles is 1. The van der Waals surface area contributed by atoms with Crippen molar-refractivity contribution in [3.8, 4) is 6.07 Å². The van der Waals surface area contributed by atoms with Crippen LogP contribution in [0.5, 0.6) is 0 Å². The largest absolute Gasteiger partial charge is 0.440 e. The average molecular weight is 452 g/mol. The maximum atomic E-state index is 9.90. The highest BCUT2D eigenvalue weighted by molar-refractivity contribution is 6.32. The zero-order valence-corrected chi connectivity index (χ0v) is 18.7. The molecule has 2 aliphatic heterocycles. The van der Waals surface area contributed by atoms with Gasteiger partial charge in [0, 0.05) is 28.7 Å². The SMILES string of the molecule is CCCN1CC2=C(OC(N)=C(C#N)[C@H]2c2ccccc2Cl)/C(=C/c2ccccc2Cl)C1. The number of allylic oxidation sites excluding steroid dienone is 1.